The van der Waals surface area contributed by atoms with Gasteiger partial charge in [0.15, 0.2) is 12.2 Å². The van der Waals surface area contributed by atoms with E-state index in [1.165, 1.54) is 10.6 Å². The van der Waals surface area contributed by atoms with Crippen LogP contribution in [-0.2, 0) is 6.80 Å². The van der Waals surface area contributed by atoms with Gasteiger partial charge in [-0.2, -0.15) is 0 Å². The van der Waals surface area contributed by atoms with Crippen LogP contribution in [0.1, 0.15) is 12.6 Å². The molecule has 0 N–H and O–H groups in total. The highest BCUT2D eigenvalue weighted by molar-refractivity contribution is 6.33. The second-order valence-electron chi connectivity index (χ2n) is 4.14. The summed E-state index contributed by atoms with van der Waals surface area (Å²) in [6.07, 6.45) is 7.13. The zero-order valence-corrected chi connectivity index (χ0v) is 10.6. The highest BCUT2D eigenvalue weighted by atomic mass is 19.1. The number of fused-ring (bicyclic) bond motifs is 1. The molecule has 0 atom stereocenters. The third-order valence-electron chi connectivity index (χ3n) is 2.86. The Labute approximate surface area is 112 Å². The van der Waals surface area contributed by atoms with E-state index < -0.39 is 6.80 Å². The van der Waals surface area contributed by atoms with Gasteiger partial charge in [0.25, 0.3) is 0 Å². The predicted octanol–water partition coefficient (Wildman–Crippen LogP) is 2.31. The average Bonchev–Trinajstić information content (AvgIpc) is 2.39. The molecule has 1 heterocycles. The Bertz CT molecular complexity index is 716. The Morgan fingerprint density at radius 1 is 1.32 bits per heavy atom. The molecule has 0 aliphatic heterocycles. The molecule has 0 aliphatic rings. The van der Waals surface area contributed by atoms with E-state index in [1.54, 1.807) is 30.4 Å². The van der Waals surface area contributed by atoms with Gasteiger partial charge in [0.1, 0.15) is 7.85 Å². The fourth-order valence-corrected chi connectivity index (χ4v) is 1.95. The van der Waals surface area contributed by atoms with Gasteiger partial charge in [0.2, 0.25) is 0 Å². The number of rotatable bonds is 3. The van der Waals surface area contributed by atoms with Crippen LogP contribution in [0.15, 0.2) is 47.3 Å². The van der Waals surface area contributed by atoms with Crippen molar-refractivity contribution in [3.8, 4) is 0 Å². The highest BCUT2D eigenvalue weighted by Crippen LogP contribution is 2.13. The minimum atomic E-state index is -0.713. The second-order valence-corrected chi connectivity index (χ2v) is 4.14. The maximum absolute atomic E-state index is 13.3. The Morgan fingerprint density at radius 2 is 2.11 bits per heavy atom. The first-order valence-corrected chi connectivity index (χ1v) is 5.95. The molecule has 2 nitrogen and oxygen atoms in total. The van der Waals surface area contributed by atoms with Gasteiger partial charge in [-0.15, -0.1) is 0 Å². The van der Waals surface area contributed by atoms with Crippen molar-refractivity contribution >= 4 is 30.3 Å². The summed E-state index contributed by atoms with van der Waals surface area (Å²) in [6, 6.07) is 6.31. The number of benzene rings is 1. The molecule has 0 unspecified atom stereocenters. The third kappa shape index (κ3) is 2.68. The molecular weight excluding hydrogens is 240 g/mol. The van der Waals surface area contributed by atoms with Crippen LogP contribution in [-0.4, -0.2) is 12.4 Å². The van der Waals surface area contributed by atoms with Crippen molar-refractivity contribution in [3.05, 3.63) is 58.4 Å². The van der Waals surface area contributed by atoms with Crippen LogP contribution in [0.4, 0.5) is 4.39 Å². The van der Waals surface area contributed by atoms with Crippen molar-refractivity contribution in [3.63, 3.8) is 0 Å². The first-order chi connectivity index (χ1) is 9.17. The first-order valence-electron chi connectivity index (χ1n) is 5.95. The molecule has 1 aromatic heterocycles. The molecule has 0 aliphatic carbocycles. The monoisotopic (exact) mass is 253 g/mol. The Balaban J connectivity index is 2.75. The third-order valence-corrected chi connectivity index (χ3v) is 2.86. The smallest absolute Gasteiger partial charge is 0.190 e. The summed E-state index contributed by atoms with van der Waals surface area (Å²) in [6.45, 7) is 1.17. The van der Waals surface area contributed by atoms with Gasteiger partial charge in [-0.1, -0.05) is 29.8 Å². The lowest BCUT2D eigenvalue weighted by Crippen LogP contribution is -2.13. The fourth-order valence-electron chi connectivity index (χ4n) is 1.95. The number of aromatic nitrogens is 1. The van der Waals surface area contributed by atoms with Crippen molar-refractivity contribution in [1.29, 1.82) is 0 Å². The molecule has 94 valence electrons. The predicted molar refractivity (Wildman–Crippen MR) is 78.6 cm³/mol. The van der Waals surface area contributed by atoms with Crippen LogP contribution in [0.25, 0.3) is 17.0 Å². The van der Waals surface area contributed by atoms with Crippen molar-refractivity contribution in [2.45, 2.75) is 13.7 Å². The van der Waals surface area contributed by atoms with Gasteiger partial charge in [-0.05, 0) is 25.1 Å². The summed E-state index contributed by atoms with van der Waals surface area (Å²) in [5, 5.41) is 0.468. The maximum Gasteiger partial charge on any atom is 0.190 e. The summed E-state index contributed by atoms with van der Waals surface area (Å²) in [7, 11) is 5.70. The van der Waals surface area contributed by atoms with E-state index in [4.69, 9.17) is 7.85 Å². The molecule has 2 rings (SSSR count). The Hall–Kier alpha value is -2.10. The standard InChI is InChI=1S/C15H13BFNO/c1-2-3-4-5-12-9-15(19)13-7-6-11(16)8-14(13)18(12)10-17/h2-9H,10H2,1H3/b3-2-,5-4-. The van der Waals surface area contributed by atoms with E-state index in [-0.39, 0.29) is 5.43 Å². The minimum absolute atomic E-state index is 0.139. The van der Waals surface area contributed by atoms with E-state index in [0.717, 1.165) is 0 Å². The SMILES string of the molecule is [B]c1ccc2c(=O)cc(/C=C\C=C/C)n(CF)c2c1. The van der Waals surface area contributed by atoms with E-state index in [9.17, 15) is 9.18 Å². The van der Waals surface area contributed by atoms with Crippen molar-refractivity contribution in [2.75, 3.05) is 0 Å². The first kappa shape index (κ1) is 13.3. The van der Waals surface area contributed by atoms with E-state index >= 15 is 0 Å². The Kier molecular flexibility index (Phi) is 4.00. The molecule has 4 heteroatoms. The zero-order chi connectivity index (χ0) is 13.8. The Morgan fingerprint density at radius 3 is 2.79 bits per heavy atom. The van der Waals surface area contributed by atoms with E-state index in [2.05, 4.69) is 0 Å². The molecule has 19 heavy (non-hydrogen) atoms. The van der Waals surface area contributed by atoms with Gasteiger partial charge in [0.05, 0.1) is 5.52 Å². The van der Waals surface area contributed by atoms with Crippen LogP contribution >= 0.6 is 0 Å². The molecule has 0 amide bonds. The molecule has 0 saturated carbocycles. The molecule has 1 aromatic carbocycles. The summed E-state index contributed by atoms with van der Waals surface area (Å²) in [5.74, 6) is 0. The number of pyridine rings is 1. The number of hydrogen-bond donors (Lipinski definition) is 0. The van der Waals surface area contributed by atoms with E-state index in [0.29, 0.717) is 22.1 Å². The molecule has 2 aromatic rings. The van der Waals surface area contributed by atoms with Crippen LogP contribution < -0.4 is 10.9 Å². The average molecular weight is 253 g/mol. The molecule has 0 bridgehead atoms. The highest BCUT2D eigenvalue weighted by Gasteiger charge is 2.07. The van der Waals surface area contributed by atoms with Crippen molar-refractivity contribution < 1.29 is 4.39 Å². The topological polar surface area (TPSA) is 22.0 Å². The van der Waals surface area contributed by atoms with Crippen LogP contribution in [0.3, 0.4) is 0 Å². The van der Waals surface area contributed by atoms with Crippen LogP contribution in [0, 0.1) is 0 Å². The zero-order valence-electron chi connectivity index (χ0n) is 10.6. The normalized spacial score (nSPS) is 11.9. The molecule has 0 fully saturated rings. The van der Waals surface area contributed by atoms with Crippen molar-refractivity contribution in [2.24, 2.45) is 0 Å². The number of nitrogens with zero attached hydrogens (tertiary/aromatic N) is 1. The summed E-state index contributed by atoms with van der Waals surface area (Å²) in [4.78, 5) is 12.0. The van der Waals surface area contributed by atoms with Gasteiger partial charge >= 0.3 is 0 Å². The largest absolute Gasteiger partial charge is 0.312 e. The van der Waals surface area contributed by atoms with Gasteiger partial charge in [-0.25, -0.2) is 4.39 Å². The lowest BCUT2D eigenvalue weighted by Gasteiger charge is -2.11. The van der Waals surface area contributed by atoms with Crippen molar-refractivity contribution in [1.82, 2.24) is 4.57 Å². The number of allylic oxidation sites excluding steroid dienone is 3. The lowest BCUT2D eigenvalue weighted by atomic mass is 9.95. The summed E-state index contributed by atoms with van der Waals surface area (Å²) in [5.41, 5.74) is 1.39. The molecule has 2 radical (unpaired) electrons. The maximum atomic E-state index is 13.3. The number of hydrogen-bond acceptors (Lipinski definition) is 1. The summed E-state index contributed by atoms with van der Waals surface area (Å²) < 4.78 is 14.7. The van der Waals surface area contributed by atoms with Crippen LogP contribution in [0.2, 0.25) is 0 Å². The van der Waals surface area contributed by atoms with Gasteiger partial charge in [0, 0.05) is 17.1 Å². The fraction of sp³-hybridized carbons (Fsp3) is 0.133. The lowest BCUT2D eigenvalue weighted by molar-refractivity contribution is 0.383. The summed E-state index contributed by atoms with van der Waals surface area (Å²) >= 11 is 0. The van der Waals surface area contributed by atoms with Gasteiger partial charge < -0.3 is 4.57 Å². The molecule has 0 saturated heterocycles. The minimum Gasteiger partial charge on any atom is -0.312 e. The van der Waals surface area contributed by atoms with Crippen LogP contribution in [0.5, 0.6) is 0 Å². The quantitative estimate of drug-likeness (QED) is 0.607. The molecular formula is C15H13BFNO. The second kappa shape index (κ2) is 5.70. The number of halogens is 1. The van der Waals surface area contributed by atoms with Gasteiger partial charge in [-0.3, -0.25) is 4.79 Å². The number of alkyl halides is 1. The molecule has 0 spiro atoms. The van der Waals surface area contributed by atoms with E-state index in [1.807, 2.05) is 19.1 Å².